The number of aryl methyl sites for hydroxylation is 1. The summed E-state index contributed by atoms with van der Waals surface area (Å²) < 4.78 is 0. The van der Waals surface area contributed by atoms with Crippen LogP contribution in [0.3, 0.4) is 0 Å². The van der Waals surface area contributed by atoms with Gasteiger partial charge in [0.2, 0.25) is 0 Å². The quantitative estimate of drug-likeness (QED) is 0.450. The number of allylic oxidation sites excluding steroid dienone is 2. The molecule has 2 N–H and O–H groups in total. The van der Waals surface area contributed by atoms with Gasteiger partial charge >= 0.3 is 0 Å². The van der Waals surface area contributed by atoms with E-state index in [1.165, 1.54) is 49.7 Å². The molecule has 3 heteroatoms. The predicted octanol–water partition coefficient (Wildman–Crippen LogP) is 6.89. The van der Waals surface area contributed by atoms with Crippen LogP contribution in [-0.4, -0.2) is 4.98 Å². The van der Waals surface area contributed by atoms with Gasteiger partial charge in [0.15, 0.2) is 0 Å². The van der Waals surface area contributed by atoms with Crippen LogP contribution in [0.4, 0.5) is 5.69 Å². The molecule has 1 unspecified atom stereocenters. The molecule has 1 atom stereocenters. The summed E-state index contributed by atoms with van der Waals surface area (Å²) in [5.74, 6) is 2.61. The molecule has 2 heterocycles. The fourth-order valence-corrected chi connectivity index (χ4v) is 3.21. The van der Waals surface area contributed by atoms with E-state index in [2.05, 4.69) is 33.9 Å². The average Bonchev–Trinajstić information content (AvgIpc) is 3.14. The Hall–Kier alpha value is -2.05. The van der Waals surface area contributed by atoms with Crippen LogP contribution in [0.5, 0.6) is 0 Å². The number of anilines is 1. The molecule has 0 saturated heterocycles. The highest BCUT2D eigenvalue weighted by molar-refractivity contribution is 5.60. The minimum Gasteiger partial charge on any atom is -0.320 e. The Balaban J connectivity index is 0.000000634. The van der Waals surface area contributed by atoms with Gasteiger partial charge in [0.1, 0.15) is 0 Å². The monoisotopic (exact) mass is 369 g/mol. The highest BCUT2D eigenvalue weighted by Crippen LogP contribution is 2.34. The fourth-order valence-electron chi connectivity index (χ4n) is 3.21. The molecule has 0 amide bonds. The lowest BCUT2D eigenvalue weighted by molar-refractivity contribution is 0.504. The maximum Gasteiger partial charge on any atom is 0.0795 e. The largest absolute Gasteiger partial charge is 0.320 e. The number of fused-ring (bicyclic) bond motifs is 1. The van der Waals surface area contributed by atoms with Crippen molar-refractivity contribution in [2.45, 2.75) is 86.1 Å². The van der Waals surface area contributed by atoms with Gasteiger partial charge in [-0.15, -0.1) is 12.3 Å². The van der Waals surface area contributed by atoms with Gasteiger partial charge in [0.25, 0.3) is 0 Å². The normalized spacial score (nSPS) is 17.9. The maximum absolute atomic E-state index is 5.25. The van der Waals surface area contributed by atoms with E-state index in [9.17, 15) is 0 Å². The molecular formula is C24H39N3. The Bertz CT molecular complexity index is 607. The van der Waals surface area contributed by atoms with Crippen LogP contribution in [0, 0.1) is 19.3 Å². The molecule has 3 nitrogen and oxygen atoms in total. The number of hydrogen-bond donors (Lipinski definition) is 2. The topological polar surface area (TPSA) is 37.0 Å². The third-order valence-electron chi connectivity index (χ3n) is 4.54. The Labute approximate surface area is 167 Å². The first-order valence-electron chi connectivity index (χ1n) is 10.0. The first-order chi connectivity index (χ1) is 12.8. The molecule has 1 aromatic heterocycles. The molecule has 2 aliphatic rings. The van der Waals surface area contributed by atoms with Crippen LogP contribution in [0.2, 0.25) is 0 Å². The average molecular weight is 370 g/mol. The molecule has 27 heavy (non-hydrogen) atoms. The van der Waals surface area contributed by atoms with Crippen LogP contribution in [0.1, 0.15) is 90.4 Å². The van der Waals surface area contributed by atoms with Crippen LogP contribution in [0.25, 0.3) is 0 Å². The minimum absolute atomic E-state index is 0. The lowest BCUT2D eigenvalue weighted by Gasteiger charge is -2.13. The molecule has 1 aliphatic heterocycles. The summed E-state index contributed by atoms with van der Waals surface area (Å²) in [5.41, 5.74) is 11.0. The van der Waals surface area contributed by atoms with E-state index < -0.39 is 0 Å². The number of pyridine rings is 1. The maximum atomic E-state index is 5.25. The van der Waals surface area contributed by atoms with E-state index in [0.29, 0.717) is 6.42 Å². The van der Waals surface area contributed by atoms with Crippen LogP contribution >= 0.6 is 0 Å². The molecule has 0 spiro atoms. The zero-order chi connectivity index (χ0) is 19.2. The Kier molecular flexibility index (Phi) is 13.9. The summed E-state index contributed by atoms with van der Waals surface area (Å²) in [6, 6.07) is 2.11. The number of hydrogen-bond acceptors (Lipinski definition) is 3. The second-order valence-corrected chi connectivity index (χ2v) is 6.28. The summed E-state index contributed by atoms with van der Waals surface area (Å²) in [5, 5.41) is 0. The fraction of sp³-hybridized carbons (Fsp3) is 0.542. The SMILES string of the molecule is C.C#CC/C=C\C(=C/C)C1NNc2ccnc(C)c21.C1CCCCC1.CC. The number of nitrogens with one attached hydrogen (secondary N) is 2. The van der Waals surface area contributed by atoms with Gasteiger partial charge in [-0.05, 0) is 25.5 Å². The third kappa shape index (κ3) is 8.01. The summed E-state index contributed by atoms with van der Waals surface area (Å²) in [6.07, 6.45) is 22.9. The van der Waals surface area contributed by atoms with E-state index in [1.54, 1.807) is 0 Å². The van der Waals surface area contributed by atoms with Crippen molar-refractivity contribution in [3.05, 3.63) is 47.3 Å². The van der Waals surface area contributed by atoms with E-state index in [0.717, 1.165) is 11.4 Å². The summed E-state index contributed by atoms with van der Waals surface area (Å²) >= 11 is 0. The molecule has 1 saturated carbocycles. The summed E-state index contributed by atoms with van der Waals surface area (Å²) in [4.78, 5) is 4.35. The second kappa shape index (κ2) is 15.1. The standard InChI is InChI=1S/C15H17N3.C6H12.C2H6.CH4/c1-4-6-7-8-12(5-2)15-14-11(3)16-10-9-13(14)17-18-15;1-2-4-6-5-3-1;1-2;/h1,5,7-10,15,17-18H,6H2,2-3H3;1-6H2;1-2H3;1H4/b8-7-,12-5+;;;. The lowest BCUT2D eigenvalue weighted by atomic mass is 9.97. The van der Waals surface area contributed by atoms with Crippen molar-refractivity contribution in [3.63, 3.8) is 0 Å². The van der Waals surface area contributed by atoms with Gasteiger partial charge in [-0.25, -0.2) is 5.43 Å². The number of rotatable bonds is 3. The zero-order valence-corrected chi connectivity index (χ0v) is 16.9. The zero-order valence-electron chi connectivity index (χ0n) is 16.9. The number of hydrazine groups is 1. The van der Waals surface area contributed by atoms with Crippen LogP contribution in [-0.2, 0) is 0 Å². The van der Waals surface area contributed by atoms with E-state index in [-0.39, 0.29) is 13.5 Å². The number of terminal acetylenes is 1. The van der Waals surface area contributed by atoms with E-state index in [4.69, 9.17) is 6.42 Å². The molecule has 0 bridgehead atoms. The Morgan fingerprint density at radius 2 is 1.81 bits per heavy atom. The summed E-state index contributed by atoms with van der Waals surface area (Å²) in [7, 11) is 0. The van der Waals surface area contributed by atoms with Crippen molar-refractivity contribution in [2.75, 3.05) is 5.43 Å². The van der Waals surface area contributed by atoms with E-state index in [1.807, 2.05) is 46.0 Å². The van der Waals surface area contributed by atoms with Crippen LogP contribution < -0.4 is 10.9 Å². The van der Waals surface area contributed by atoms with Crippen molar-refractivity contribution in [1.82, 2.24) is 10.4 Å². The van der Waals surface area contributed by atoms with Crippen molar-refractivity contribution < 1.29 is 0 Å². The molecule has 0 aromatic carbocycles. The smallest absolute Gasteiger partial charge is 0.0795 e. The highest BCUT2D eigenvalue weighted by Gasteiger charge is 2.25. The first kappa shape index (κ1) is 24.9. The molecule has 0 radical (unpaired) electrons. The molecular weight excluding hydrogens is 330 g/mol. The number of nitrogens with zero attached hydrogens (tertiary/aromatic N) is 1. The molecule has 3 rings (SSSR count). The second-order valence-electron chi connectivity index (χ2n) is 6.28. The minimum atomic E-state index is 0. The van der Waals surface area contributed by atoms with Gasteiger partial charge < -0.3 is 5.43 Å². The first-order valence-corrected chi connectivity index (χ1v) is 10.0. The van der Waals surface area contributed by atoms with Crippen molar-refractivity contribution in [1.29, 1.82) is 0 Å². The highest BCUT2D eigenvalue weighted by atomic mass is 15.4. The summed E-state index contributed by atoms with van der Waals surface area (Å²) in [6.45, 7) is 8.06. The lowest BCUT2D eigenvalue weighted by Crippen LogP contribution is -2.20. The molecule has 1 aromatic rings. The van der Waals surface area contributed by atoms with Gasteiger partial charge in [0.05, 0.1) is 11.7 Å². The van der Waals surface area contributed by atoms with Gasteiger partial charge in [-0.2, -0.15) is 0 Å². The van der Waals surface area contributed by atoms with Crippen LogP contribution in [0.15, 0.2) is 36.1 Å². The molecule has 1 fully saturated rings. The van der Waals surface area contributed by atoms with Crippen molar-refractivity contribution in [3.8, 4) is 12.3 Å². The predicted molar refractivity (Wildman–Crippen MR) is 121 cm³/mol. The third-order valence-corrected chi connectivity index (χ3v) is 4.54. The molecule has 150 valence electrons. The Morgan fingerprint density at radius 1 is 1.22 bits per heavy atom. The van der Waals surface area contributed by atoms with Gasteiger partial charge in [-0.3, -0.25) is 4.98 Å². The number of aromatic nitrogens is 1. The van der Waals surface area contributed by atoms with Crippen molar-refractivity contribution in [2.24, 2.45) is 0 Å². The molecule has 1 aliphatic carbocycles. The Morgan fingerprint density at radius 3 is 2.33 bits per heavy atom. The van der Waals surface area contributed by atoms with Gasteiger partial charge in [-0.1, -0.05) is 78.0 Å². The van der Waals surface area contributed by atoms with Gasteiger partial charge in [0, 0.05) is 23.9 Å². The van der Waals surface area contributed by atoms with E-state index >= 15 is 0 Å². The van der Waals surface area contributed by atoms with Crippen molar-refractivity contribution >= 4 is 5.69 Å².